The summed E-state index contributed by atoms with van der Waals surface area (Å²) in [5, 5.41) is 3.89. The molecule has 184 valence electrons. The summed E-state index contributed by atoms with van der Waals surface area (Å²) in [6.07, 6.45) is -2.35. The largest absolute Gasteiger partial charge is 0.489 e. The smallest absolute Gasteiger partial charge is 0.401 e. The van der Waals surface area contributed by atoms with Crippen LogP contribution in [0, 0.1) is 5.82 Å². The number of aromatic amines is 1. The van der Waals surface area contributed by atoms with Crippen LogP contribution in [0.5, 0.6) is 5.75 Å². The van der Waals surface area contributed by atoms with Crippen LogP contribution in [-0.4, -0.2) is 60.0 Å². The first kappa shape index (κ1) is 24.4. The molecular formula is C24H27F5N4O. The van der Waals surface area contributed by atoms with Gasteiger partial charge in [-0.05, 0) is 37.9 Å². The molecule has 0 bridgehead atoms. The minimum atomic E-state index is -4.47. The Kier molecular flexibility index (Phi) is 7.37. The Morgan fingerprint density at radius 2 is 2.00 bits per heavy atom. The van der Waals surface area contributed by atoms with Gasteiger partial charge in [0.25, 0.3) is 0 Å². The highest BCUT2D eigenvalue weighted by atomic mass is 19.4. The monoisotopic (exact) mass is 482 g/mol. The lowest BCUT2D eigenvalue weighted by atomic mass is 9.90. The van der Waals surface area contributed by atoms with Crippen molar-refractivity contribution in [3.63, 3.8) is 0 Å². The number of fused-ring (bicyclic) bond motifs is 3. The molecule has 3 heterocycles. The number of aromatic nitrogens is 2. The molecule has 34 heavy (non-hydrogen) atoms. The molecule has 0 radical (unpaired) electrons. The summed E-state index contributed by atoms with van der Waals surface area (Å²) in [6, 6.07) is 7.27. The Labute approximate surface area is 194 Å². The van der Waals surface area contributed by atoms with Gasteiger partial charge < -0.3 is 15.0 Å². The van der Waals surface area contributed by atoms with Crippen LogP contribution < -0.4 is 10.1 Å². The van der Waals surface area contributed by atoms with E-state index in [-0.39, 0.29) is 18.1 Å². The molecule has 0 amide bonds. The van der Waals surface area contributed by atoms with Crippen molar-refractivity contribution in [2.75, 3.05) is 32.9 Å². The quantitative estimate of drug-likeness (QED) is 0.336. The van der Waals surface area contributed by atoms with Crippen molar-refractivity contribution in [1.29, 1.82) is 0 Å². The highest BCUT2D eigenvalue weighted by molar-refractivity contribution is 5.85. The van der Waals surface area contributed by atoms with Gasteiger partial charge in [0.05, 0.1) is 19.3 Å². The van der Waals surface area contributed by atoms with Crippen molar-refractivity contribution in [2.45, 2.75) is 38.0 Å². The van der Waals surface area contributed by atoms with Gasteiger partial charge in [-0.15, -0.1) is 0 Å². The molecule has 0 unspecified atom stereocenters. The molecule has 0 fully saturated rings. The third kappa shape index (κ3) is 5.17. The maximum atomic E-state index is 15.6. The molecule has 0 spiro atoms. The predicted molar refractivity (Wildman–Crippen MR) is 119 cm³/mol. The number of H-pyrrole nitrogens is 1. The van der Waals surface area contributed by atoms with Crippen LogP contribution in [0.15, 0.2) is 36.5 Å². The van der Waals surface area contributed by atoms with Crippen LogP contribution >= 0.6 is 0 Å². The molecule has 1 aliphatic heterocycles. The van der Waals surface area contributed by atoms with Gasteiger partial charge in [0, 0.05) is 41.4 Å². The van der Waals surface area contributed by atoms with Crippen molar-refractivity contribution < 1.29 is 26.7 Å². The van der Waals surface area contributed by atoms with E-state index < -0.39 is 37.3 Å². The van der Waals surface area contributed by atoms with Gasteiger partial charge in [-0.2, -0.15) is 13.2 Å². The van der Waals surface area contributed by atoms with Crippen LogP contribution in [-0.2, 0) is 6.42 Å². The normalized spacial score (nSPS) is 18.9. The summed E-state index contributed by atoms with van der Waals surface area (Å²) >= 11 is 0. The Morgan fingerprint density at radius 1 is 1.21 bits per heavy atom. The maximum Gasteiger partial charge on any atom is 0.401 e. The second-order valence-corrected chi connectivity index (χ2v) is 8.46. The number of rotatable bonds is 9. The molecule has 0 aliphatic carbocycles. The van der Waals surface area contributed by atoms with Crippen molar-refractivity contribution in [2.24, 2.45) is 0 Å². The summed E-state index contributed by atoms with van der Waals surface area (Å²) in [6.45, 7) is 1.06. The molecule has 1 aromatic carbocycles. The number of ether oxygens (including phenoxy) is 1. The number of hydrogen-bond donors (Lipinski definition) is 2. The summed E-state index contributed by atoms with van der Waals surface area (Å²) < 4.78 is 73.9. The van der Waals surface area contributed by atoms with E-state index in [0.717, 1.165) is 16.5 Å². The molecule has 1 aliphatic rings. The minimum Gasteiger partial charge on any atom is -0.489 e. The average Bonchev–Trinajstić information content (AvgIpc) is 3.15. The first-order chi connectivity index (χ1) is 16.3. The van der Waals surface area contributed by atoms with Gasteiger partial charge in [0.2, 0.25) is 0 Å². The number of hydrogen-bond acceptors (Lipinski definition) is 4. The first-order valence-corrected chi connectivity index (χ1v) is 11.3. The molecule has 2 N–H and O–H groups in total. The summed E-state index contributed by atoms with van der Waals surface area (Å²) in [5.41, 5.74) is 2.05. The zero-order valence-corrected chi connectivity index (χ0v) is 18.8. The van der Waals surface area contributed by atoms with Crippen LogP contribution in [0.25, 0.3) is 10.9 Å². The molecule has 0 saturated heterocycles. The van der Waals surface area contributed by atoms with Crippen molar-refractivity contribution in [3.8, 4) is 5.75 Å². The van der Waals surface area contributed by atoms with Gasteiger partial charge in [0.1, 0.15) is 12.3 Å². The molecule has 5 nitrogen and oxygen atoms in total. The highest BCUT2D eigenvalue weighted by Crippen LogP contribution is 2.42. The Morgan fingerprint density at radius 3 is 2.76 bits per heavy atom. The fourth-order valence-electron chi connectivity index (χ4n) is 4.55. The van der Waals surface area contributed by atoms with Crippen molar-refractivity contribution in [3.05, 3.63) is 59.3 Å². The molecule has 2 aromatic heterocycles. The lowest BCUT2D eigenvalue weighted by Crippen LogP contribution is -2.47. The summed E-state index contributed by atoms with van der Waals surface area (Å²) in [4.78, 5) is 8.64. The molecule has 4 rings (SSSR count). The second kappa shape index (κ2) is 10.3. The number of pyridine rings is 1. The molecular weight excluding hydrogens is 455 g/mol. The van der Waals surface area contributed by atoms with E-state index in [1.807, 2.05) is 24.3 Å². The number of alkyl halides is 4. The van der Waals surface area contributed by atoms with Gasteiger partial charge >= 0.3 is 6.18 Å². The van der Waals surface area contributed by atoms with Crippen LogP contribution in [0.3, 0.4) is 0 Å². The van der Waals surface area contributed by atoms with Crippen molar-refractivity contribution in [1.82, 2.24) is 20.2 Å². The Hall–Kier alpha value is -2.72. The van der Waals surface area contributed by atoms with Crippen LogP contribution in [0.4, 0.5) is 22.0 Å². The minimum absolute atomic E-state index is 0.0832. The molecule has 2 atom stereocenters. The number of benzene rings is 1. The molecule has 10 heteroatoms. The summed E-state index contributed by atoms with van der Waals surface area (Å²) in [5.74, 6) is -0.873. The SMILES string of the molecule is C[C@@H]1Cc2c([nH]c3ccccc23)[C@@H](c2nccc(OCCNCCCF)c2F)N1CC(F)(F)F. The topological polar surface area (TPSA) is 53.2 Å². The summed E-state index contributed by atoms with van der Waals surface area (Å²) in [7, 11) is 0. The second-order valence-electron chi connectivity index (χ2n) is 8.46. The standard InChI is InChI=1S/C24H27F5N4O/c1-15-13-17-16-5-2-3-6-18(16)32-21(17)23(33(15)14-24(27,28)29)22-20(26)19(7-10-31-22)34-12-11-30-9-4-8-25/h2-3,5-7,10,15,23,30,32H,4,8-9,11-14H2,1H3/t15-,23+/m1/s1. The van der Waals surface area contributed by atoms with Crippen LogP contribution in [0.2, 0.25) is 0 Å². The fourth-order valence-corrected chi connectivity index (χ4v) is 4.55. The van der Waals surface area contributed by atoms with E-state index in [1.165, 1.54) is 17.2 Å². The zero-order valence-electron chi connectivity index (χ0n) is 18.8. The van der Waals surface area contributed by atoms with Gasteiger partial charge in [-0.3, -0.25) is 14.3 Å². The third-order valence-electron chi connectivity index (χ3n) is 6.04. The predicted octanol–water partition coefficient (Wildman–Crippen LogP) is 4.93. The number of halogens is 5. The van der Waals surface area contributed by atoms with E-state index in [0.29, 0.717) is 31.6 Å². The Bertz CT molecular complexity index is 1120. The van der Waals surface area contributed by atoms with E-state index in [4.69, 9.17) is 4.74 Å². The van der Waals surface area contributed by atoms with E-state index in [9.17, 15) is 17.6 Å². The van der Waals surface area contributed by atoms with Crippen LogP contribution in [0.1, 0.15) is 36.3 Å². The third-order valence-corrected chi connectivity index (χ3v) is 6.04. The molecule has 3 aromatic rings. The van der Waals surface area contributed by atoms with E-state index >= 15 is 4.39 Å². The average molecular weight is 482 g/mol. The number of para-hydroxylation sites is 1. The van der Waals surface area contributed by atoms with E-state index in [2.05, 4.69) is 15.3 Å². The van der Waals surface area contributed by atoms with Crippen molar-refractivity contribution >= 4 is 10.9 Å². The lowest BCUT2D eigenvalue weighted by molar-refractivity contribution is -0.155. The highest BCUT2D eigenvalue weighted by Gasteiger charge is 2.43. The number of nitrogens with one attached hydrogen (secondary N) is 2. The fraction of sp³-hybridized carbons (Fsp3) is 0.458. The Balaban J connectivity index is 1.70. The van der Waals surface area contributed by atoms with Gasteiger partial charge in [-0.1, -0.05) is 18.2 Å². The zero-order chi connectivity index (χ0) is 24.3. The molecule has 0 saturated carbocycles. The van der Waals surface area contributed by atoms with Gasteiger partial charge in [0.15, 0.2) is 11.6 Å². The lowest BCUT2D eigenvalue weighted by Gasteiger charge is -2.40. The first-order valence-electron chi connectivity index (χ1n) is 11.3. The maximum absolute atomic E-state index is 15.6. The van der Waals surface area contributed by atoms with E-state index in [1.54, 1.807) is 6.92 Å². The number of nitrogens with zero attached hydrogens (tertiary/aromatic N) is 2. The van der Waals surface area contributed by atoms with Gasteiger partial charge in [-0.25, -0.2) is 4.39 Å².